The van der Waals surface area contributed by atoms with Gasteiger partial charge in [0.1, 0.15) is 0 Å². The van der Waals surface area contributed by atoms with Crippen molar-refractivity contribution in [2.24, 2.45) is 23.2 Å². The van der Waals surface area contributed by atoms with Crippen LogP contribution in [0.2, 0.25) is 18.1 Å². The van der Waals surface area contributed by atoms with Gasteiger partial charge >= 0.3 is 11.9 Å². The lowest BCUT2D eigenvalue weighted by molar-refractivity contribution is -0.254. The maximum absolute atomic E-state index is 13.5. The molecule has 0 bridgehead atoms. The van der Waals surface area contributed by atoms with Gasteiger partial charge in [-0.15, -0.1) is 0 Å². The molecule has 37 heavy (non-hydrogen) atoms. The number of carbonyl (C=O) groups excluding carboxylic acids is 3. The first-order valence-electron chi connectivity index (χ1n) is 14.1. The molecule has 1 amide bonds. The van der Waals surface area contributed by atoms with Crippen molar-refractivity contribution >= 4 is 26.2 Å². The molecule has 0 unspecified atom stereocenters. The summed E-state index contributed by atoms with van der Waals surface area (Å²) in [4.78, 5) is 40.0. The fourth-order valence-electron chi connectivity index (χ4n) is 5.03. The third-order valence-electron chi connectivity index (χ3n) is 8.80. The average molecular weight is 538 g/mol. The highest BCUT2D eigenvalue weighted by atomic mass is 28.4. The van der Waals surface area contributed by atoms with E-state index in [2.05, 4.69) is 52.2 Å². The maximum atomic E-state index is 13.5. The highest BCUT2D eigenvalue weighted by Gasteiger charge is 2.58. The minimum Gasteiger partial charge on any atom is -0.422 e. The molecule has 2 aliphatic heterocycles. The number of hydrogen-bond donors (Lipinski definition) is 1. The molecule has 1 N–H and O–H groups in total. The molecule has 1 fully saturated rings. The summed E-state index contributed by atoms with van der Waals surface area (Å²) in [7, 11) is -2.10. The fraction of sp³-hybridized carbons (Fsp3) is 0.828. The van der Waals surface area contributed by atoms with E-state index in [1.165, 1.54) is 0 Å². The van der Waals surface area contributed by atoms with Crippen LogP contribution in [0.5, 0.6) is 0 Å². The lowest BCUT2D eigenvalue weighted by Crippen LogP contribution is -2.56. The zero-order chi connectivity index (χ0) is 28.2. The van der Waals surface area contributed by atoms with Gasteiger partial charge in [-0.25, -0.2) is 0 Å². The Kier molecular flexibility index (Phi) is 10.2. The highest BCUT2D eigenvalue weighted by molar-refractivity contribution is 6.74. The first kappa shape index (κ1) is 31.5. The van der Waals surface area contributed by atoms with Crippen molar-refractivity contribution in [1.82, 2.24) is 5.32 Å². The van der Waals surface area contributed by atoms with E-state index in [1.54, 1.807) is 13.8 Å². The molecule has 2 heterocycles. The van der Waals surface area contributed by atoms with Gasteiger partial charge in [-0.05, 0) is 56.2 Å². The van der Waals surface area contributed by atoms with Gasteiger partial charge in [0.15, 0.2) is 13.7 Å². The number of cyclic esters (lactones) is 2. The third kappa shape index (κ3) is 7.25. The number of ether oxygens (including phenoxy) is 2. The molecular formula is C29H51NO6Si. The van der Waals surface area contributed by atoms with Crippen LogP contribution in [0.4, 0.5) is 0 Å². The van der Waals surface area contributed by atoms with Crippen LogP contribution in [0.3, 0.4) is 0 Å². The van der Waals surface area contributed by atoms with Crippen LogP contribution in [0.25, 0.3) is 0 Å². The Morgan fingerprint density at radius 3 is 2.14 bits per heavy atom. The molecule has 2 rings (SSSR count). The molecule has 7 nitrogen and oxygen atoms in total. The summed E-state index contributed by atoms with van der Waals surface area (Å²) in [6.07, 6.45) is 7.79. The summed E-state index contributed by atoms with van der Waals surface area (Å²) in [6.45, 7) is 20.9. The third-order valence-corrected chi connectivity index (χ3v) is 13.3. The Morgan fingerprint density at radius 2 is 1.62 bits per heavy atom. The summed E-state index contributed by atoms with van der Waals surface area (Å²) < 4.78 is 18.2. The van der Waals surface area contributed by atoms with Gasteiger partial charge in [0.2, 0.25) is 5.91 Å². The molecule has 1 saturated heterocycles. The Labute approximate surface area is 225 Å². The molecule has 0 radical (unpaired) electrons. The quantitative estimate of drug-likeness (QED) is 0.201. The zero-order valence-electron chi connectivity index (χ0n) is 24.9. The van der Waals surface area contributed by atoms with E-state index >= 15 is 0 Å². The monoisotopic (exact) mass is 537 g/mol. The van der Waals surface area contributed by atoms with Crippen molar-refractivity contribution in [3.63, 3.8) is 0 Å². The summed E-state index contributed by atoms with van der Waals surface area (Å²) in [5.41, 5.74) is -1.51. The van der Waals surface area contributed by atoms with Crippen molar-refractivity contribution in [1.29, 1.82) is 0 Å². The van der Waals surface area contributed by atoms with E-state index < -0.39 is 37.4 Å². The molecule has 1 spiro atoms. The zero-order valence-corrected chi connectivity index (χ0v) is 25.9. The number of rotatable bonds is 4. The van der Waals surface area contributed by atoms with E-state index in [-0.39, 0.29) is 35.3 Å². The molecular weight excluding hydrogens is 486 g/mol. The summed E-state index contributed by atoms with van der Waals surface area (Å²) in [5, 5.41) is 3.12. The van der Waals surface area contributed by atoms with E-state index in [0.717, 1.165) is 19.3 Å². The second kappa shape index (κ2) is 12.0. The standard InChI is InChI=1S/C29H51NO6Si/c1-11-21-14-13-19-30-24(31)22(12-2)17-18-29(25(32)34-28(7,8)35-26(29)33)20(3)15-16-23(21)36-37(9,10)27(4,5)6/h15-16,20-23H,11-14,17-19H2,1-10H3,(H,30,31)/b16-15+/t20-,21-,22-,23-/m1/s1. The van der Waals surface area contributed by atoms with Crippen molar-refractivity contribution in [2.45, 2.75) is 124 Å². The van der Waals surface area contributed by atoms with Crippen LogP contribution in [0.15, 0.2) is 12.2 Å². The van der Waals surface area contributed by atoms with Gasteiger partial charge in [0, 0.05) is 32.2 Å². The van der Waals surface area contributed by atoms with Crippen LogP contribution in [0.1, 0.15) is 93.9 Å². The van der Waals surface area contributed by atoms with E-state index in [0.29, 0.717) is 19.4 Å². The molecule has 0 saturated carbocycles. The van der Waals surface area contributed by atoms with Gasteiger partial charge in [0.25, 0.3) is 5.79 Å². The van der Waals surface area contributed by atoms with Crippen molar-refractivity contribution in [3.05, 3.63) is 12.2 Å². The van der Waals surface area contributed by atoms with E-state index in [4.69, 9.17) is 13.9 Å². The normalized spacial score (nSPS) is 30.6. The van der Waals surface area contributed by atoms with Crippen LogP contribution in [0, 0.1) is 23.2 Å². The van der Waals surface area contributed by atoms with Crippen molar-refractivity contribution in [3.8, 4) is 0 Å². The fourth-order valence-corrected chi connectivity index (χ4v) is 6.33. The van der Waals surface area contributed by atoms with Crippen molar-refractivity contribution < 1.29 is 28.3 Å². The van der Waals surface area contributed by atoms with E-state index in [1.807, 2.05) is 19.9 Å². The second-order valence-corrected chi connectivity index (χ2v) is 17.7. The lowest BCUT2D eigenvalue weighted by atomic mass is 9.70. The van der Waals surface area contributed by atoms with E-state index in [9.17, 15) is 14.4 Å². The topological polar surface area (TPSA) is 90.9 Å². The molecule has 0 aromatic heterocycles. The summed E-state index contributed by atoms with van der Waals surface area (Å²) in [6, 6.07) is 0. The Bertz CT molecular complexity index is 839. The number of carbonyl (C=O) groups is 3. The molecule has 0 aliphatic carbocycles. The SMILES string of the molecule is CC[C@@H]1CCC2(C(=O)OC(C)(C)OC2=O)[C@H](C)/C=C/[C@@H](O[Si](C)(C)C(C)(C)C)[C@H](CC)CCCNC1=O. The van der Waals surface area contributed by atoms with Gasteiger partial charge in [0.05, 0.1) is 6.10 Å². The van der Waals surface area contributed by atoms with Crippen molar-refractivity contribution in [2.75, 3.05) is 6.54 Å². The maximum Gasteiger partial charge on any atom is 0.327 e. The number of esters is 2. The van der Waals surface area contributed by atoms with Crippen LogP contribution >= 0.6 is 0 Å². The Morgan fingerprint density at radius 1 is 1.03 bits per heavy atom. The molecule has 212 valence electrons. The minimum absolute atomic E-state index is 0.0297. The molecule has 0 aromatic rings. The second-order valence-electron chi connectivity index (χ2n) is 12.9. The Hall–Kier alpha value is -1.67. The summed E-state index contributed by atoms with van der Waals surface area (Å²) >= 11 is 0. The number of allylic oxidation sites excluding steroid dienone is 1. The number of nitrogens with one attached hydrogen (secondary N) is 1. The van der Waals surface area contributed by atoms with Crippen LogP contribution in [-0.2, 0) is 28.3 Å². The van der Waals surface area contributed by atoms with Gasteiger partial charge in [-0.1, -0.05) is 60.1 Å². The summed E-state index contributed by atoms with van der Waals surface area (Å²) in [5.74, 6) is -3.04. The van der Waals surface area contributed by atoms with Gasteiger partial charge < -0.3 is 19.2 Å². The lowest BCUT2D eigenvalue weighted by Gasteiger charge is -2.43. The largest absolute Gasteiger partial charge is 0.422 e. The highest BCUT2D eigenvalue weighted by Crippen LogP contribution is 2.44. The minimum atomic E-state index is -2.10. The van der Waals surface area contributed by atoms with Crippen LogP contribution in [-0.4, -0.2) is 44.6 Å². The average Bonchev–Trinajstić information content (AvgIpc) is 2.76. The van der Waals surface area contributed by atoms with Gasteiger partial charge in [-0.3, -0.25) is 14.4 Å². The smallest absolute Gasteiger partial charge is 0.327 e. The molecule has 8 heteroatoms. The predicted octanol–water partition coefficient (Wildman–Crippen LogP) is 6.13. The molecule has 4 atom stereocenters. The predicted molar refractivity (Wildman–Crippen MR) is 148 cm³/mol. The van der Waals surface area contributed by atoms with Gasteiger partial charge in [-0.2, -0.15) is 0 Å². The van der Waals surface area contributed by atoms with Crippen LogP contribution < -0.4 is 5.32 Å². The first-order chi connectivity index (χ1) is 17.0. The number of amides is 1. The first-order valence-corrected chi connectivity index (χ1v) is 17.0. The molecule has 0 aromatic carbocycles. The molecule has 2 aliphatic rings. The Balaban J connectivity index is 2.56. The number of hydrogen-bond acceptors (Lipinski definition) is 6.